The topological polar surface area (TPSA) is 42.3 Å². The van der Waals surface area contributed by atoms with Crippen LogP contribution in [0.5, 0.6) is 0 Å². The lowest BCUT2D eigenvalue weighted by molar-refractivity contribution is 0.101. The Balaban J connectivity index is 2.37. The Kier molecular flexibility index (Phi) is 4.99. The van der Waals surface area contributed by atoms with Gasteiger partial charge in [0.1, 0.15) is 5.69 Å². The van der Waals surface area contributed by atoms with E-state index in [-0.39, 0.29) is 5.78 Å². The lowest BCUT2D eigenvalue weighted by atomic mass is 10.1. The molecule has 0 radical (unpaired) electrons. The Bertz CT molecular complexity index is 674. The maximum atomic E-state index is 11.4. The molecule has 21 heavy (non-hydrogen) atoms. The third-order valence-electron chi connectivity index (χ3n) is 3.28. The number of hydrogen-bond acceptors (Lipinski definition) is 3. The number of para-hydroxylation sites is 1. The number of aliphatic imine (C=N–C) groups is 1. The van der Waals surface area contributed by atoms with Crippen LogP contribution < -0.4 is 0 Å². The minimum absolute atomic E-state index is 0.0315. The highest BCUT2D eigenvalue weighted by Gasteiger charge is 2.06. The first kappa shape index (κ1) is 15.1. The summed E-state index contributed by atoms with van der Waals surface area (Å²) in [6.45, 7) is 5.61. The number of nitrogens with zero attached hydrogens (tertiary/aromatic N) is 2. The summed E-state index contributed by atoms with van der Waals surface area (Å²) in [5.41, 5.74) is 4.26. The summed E-state index contributed by atoms with van der Waals surface area (Å²) in [4.78, 5) is 20.5. The van der Waals surface area contributed by atoms with Crippen molar-refractivity contribution in [1.29, 1.82) is 0 Å². The number of pyridine rings is 1. The fraction of sp³-hybridized carbons (Fsp3) is 0.278. The van der Waals surface area contributed by atoms with E-state index < -0.39 is 0 Å². The van der Waals surface area contributed by atoms with Crippen LogP contribution in [-0.4, -0.2) is 16.5 Å². The highest BCUT2D eigenvalue weighted by molar-refractivity contribution is 6.00. The molecule has 0 unspecified atom stereocenters. The normalized spacial score (nSPS) is 11.5. The van der Waals surface area contributed by atoms with E-state index in [1.54, 1.807) is 6.07 Å². The van der Waals surface area contributed by atoms with Gasteiger partial charge in [-0.1, -0.05) is 37.6 Å². The van der Waals surface area contributed by atoms with Crippen LogP contribution in [0.2, 0.25) is 0 Å². The Hall–Kier alpha value is -2.29. The summed E-state index contributed by atoms with van der Waals surface area (Å²) in [6.07, 6.45) is 2.09. The van der Waals surface area contributed by atoms with Crippen LogP contribution in [0.1, 0.15) is 48.9 Å². The molecule has 3 nitrogen and oxygen atoms in total. The molecule has 3 heteroatoms. The zero-order valence-corrected chi connectivity index (χ0v) is 12.8. The van der Waals surface area contributed by atoms with Crippen LogP contribution in [0.4, 0.5) is 5.69 Å². The van der Waals surface area contributed by atoms with Crippen molar-refractivity contribution in [2.75, 3.05) is 0 Å². The zero-order valence-electron chi connectivity index (χ0n) is 12.8. The largest absolute Gasteiger partial charge is 0.293 e. The maximum absolute atomic E-state index is 11.4. The summed E-state index contributed by atoms with van der Waals surface area (Å²) < 4.78 is 0. The van der Waals surface area contributed by atoms with Crippen molar-refractivity contribution in [3.63, 3.8) is 0 Å². The Morgan fingerprint density at radius 1 is 1.05 bits per heavy atom. The van der Waals surface area contributed by atoms with Gasteiger partial charge < -0.3 is 0 Å². The van der Waals surface area contributed by atoms with Crippen LogP contribution in [0.15, 0.2) is 47.5 Å². The van der Waals surface area contributed by atoms with Gasteiger partial charge in [0, 0.05) is 6.92 Å². The van der Waals surface area contributed by atoms with Gasteiger partial charge in [0.05, 0.1) is 17.1 Å². The third kappa shape index (κ3) is 3.85. The Morgan fingerprint density at radius 3 is 2.48 bits per heavy atom. The lowest BCUT2D eigenvalue weighted by Gasteiger charge is -2.06. The summed E-state index contributed by atoms with van der Waals surface area (Å²) in [7, 11) is 0. The highest BCUT2D eigenvalue weighted by atomic mass is 16.1. The van der Waals surface area contributed by atoms with E-state index in [0.29, 0.717) is 5.69 Å². The average Bonchev–Trinajstić information content (AvgIpc) is 2.49. The molecule has 108 valence electrons. The van der Waals surface area contributed by atoms with Crippen molar-refractivity contribution in [2.45, 2.75) is 33.6 Å². The van der Waals surface area contributed by atoms with Crippen molar-refractivity contribution in [2.24, 2.45) is 4.99 Å². The number of aryl methyl sites for hydroxylation is 1. The van der Waals surface area contributed by atoms with Gasteiger partial charge in [0.15, 0.2) is 5.78 Å². The number of aromatic nitrogens is 1. The molecule has 0 saturated carbocycles. The molecule has 2 aromatic rings. The van der Waals surface area contributed by atoms with Gasteiger partial charge in [0.25, 0.3) is 0 Å². The molecule has 0 aliphatic heterocycles. The number of carbonyl (C=O) groups excluding carboxylic acids is 1. The highest BCUT2D eigenvalue weighted by Crippen LogP contribution is 2.21. The predicted molar refractivity (Wildman–Crippen MR) is 86.5 cm³/mol. The van der Waals surface area contributed by atoms with Crippen molar-refractivity contribution in [3.8, 4) is 0 Å². The number of Topliss-reactive ketones (excluding diaryl/α,β-unsaturated/α-hetero) is 1. The monoisotopic (exact) mass is 280 g/mol. The quantitative estimate of drug-likeness (QED) is 0.602. The molecule has 0 spiro atoms. The van der Waals surface area contributed by atoms with E-state index in [0.717, 1.165) is 29.9 Å². The van der Waals surface area contributed by atoms with Gasteiger partial charge in [-0.3, -0.25) is 9.79 Å². The van der Waals surface area contributed by atoms with Crippen LogP contribution in [-0.2, 0) is 6.42 Å². The molecule has 0 N–H and O–H groups in total. The van der Waals surface area contributed by atoms with Gasteiger partial charge in [0.2, 0.25) is 0 Å². The minimum atomic E-state index is -0.0315. The zero-order chi connectivity index (χ0) is 15.2. The van der Waals surface area contributed by atoms with Gasteiger partial charge in [-0.25, -0.2) is 4.98 Å². The number of hydrogen-bond donors (Lipinski definition) is 0. The number of rotatable bonds is 5. The number of benzene rings is 1. The van der Waals surface area contributed by atoms with Crippen molar-refractivity contribution in [1.82, 2.24) is 4.98 Å². The van der Waals surface area contributed by atoms with Gasteiger partial charge >= 0.3 is 0 Å². The summed E-state index contributed by atoms with van der Waals surface area (Å²) in [5, 5.41) is 0. The molecule has 0 bridgehead atoms. The molecule has 0 aliphatic rings. The van der Waals surface area contributed by atoms with E-state index in [9.17, 15) is 4.79 Å². The smallest absolute Gasteiger partial charge is 0.178 e. The van der Waals surface area contributed by atoms with Crippen LogP contribution in [0, 0.1) is 0 Å². The first-order valence-corrected chi connectivity index (χ1v) is 7.23. The fourth-order valence-electron chi connectivity index (χ4n) is 2.17. The lowest BCUT2D eigenvalue weighted by Crippen LogP contribution is -2.04. The first-order valence-electron chi connectivity index (χ1n) is 7.23. The Labute approximate surface area is 125 Å². The van der Waals surface area contributed by atoms with Crippen LogP contribution >= 0.6 is 0 Å². The fourth-order valence-corrected chi connectivity index (χ4v) is 2.17. The van der Waals surface area contributed by atoms with E-state index in [4.69, 9.17) is 4.99 Å². The summed E-state index contributed by atoms with van der Waals surface area (Å²) in [6, 6.07) is 13.6. The first-order chi connectivity index (χ1) is 10.1. The molecule has 1 heterocycles. The van der Waals surface area contributed by atoms with Crippen molar-refractivity contribution < 1.29 is 4.79 Å². The molecule has 0 atom stereocenters. The summed E-state index contributed by atoms with van der Waals surface area (Å²) in [5.74, 6) is -0.0315. The second-order valence-corrected chi connectivity index (χ2v) is 5.04. The molecule has 0 aliphatic carbocycles. The molecule has 1 aromatic heterocycles. The minimum Gasteiger partial charge on any atom is -0.293 e. The van der Waals surface area contributed by atoms with Crippen molar-refractivity contribution >= 4 is 17.2 Å². The molecule has 0 fully saturated rings. The molecular formula is C18H20N2O. The number of ketones is 1. The third-order valence-corrected chi connectivity index (χ3v) is 3.28. The van der Waals surface area contributed by atoms with E-state index in [1.807, 2.05) is 37.3 Å². The van der Waals surface area contributed by atoms with Crippen LogP contribution in [0.25, 0.3) is 0 Å². The van der Waals surface area contributed by atoms with Gasteiger partial charge in [-0.05, 0) is 37.1 Å². The SMILES string of the molecule is CCCc1ccccc1/N=C(\C)c1cccc(C(C)=O)n1. The number of carbonyl (C=O) groups is 1. The standard InChI is InChI=1S/C18H20N2O/c1-4-8-15-9-5-6-10-18(15)19-13(2)16-11-7-12-17(20-16)14(3)21/h5-7,9-12H,4,8H2,1-3H3/b19-13+. The molecule has 0 amide bonds. The second-order valence-electron chi connectivity index (χ2n) is 5.04. The molecule has 1 aromatic carbocycles. The summed E-state index contributed by atoms with van der Waals surface area (Å²) >= 11 is 0. The van der Waals surface area contributed by atoms with Crippen LogP contribution in [0.3, 0.4) is 0 Å². The molecule has 0 saturated heterocycles. The predicted octanol–water partition coefficient (Wildman–Crippen LogP) is 4.38. The van der Waals surface area contributed by atoms with E-state index in [1.165, 1.54) is 12.5 Å². The average molecular weight is 280 g/mol. The molecular weight excluding hydrogens is 260 g/mol. The maximum Gasteiger partial charge on any atom is 0.178 e. The Morgan fingerprint density at radius 2 is 1.76 bits per heavy atom. The van der Waals surface area contributed by atoms with Crippen molar-refractivity contribution in [3.05, 3.63) is 59.4 Å². The van der Waals surface area contributed by atoms with Gasteiger partial charge in [-0.15, -0.1) is 0 Å². The van der Waals surface area contributed by atoms with E-state index >= 15 is 0 Å². The van der Waals surface area contributed by atoms with E-state index in [2.05, 4.69) is 18.0 Å². The second kappa shape index (κ2) is 6.93. The molecule has 2 rings (SSSR count). The van der Waals surface area contributed by atoms with Gasteiger partial charge in [-0.2, -0.15) is 0 Å².